The zero-order valence-corrected chi connectivity index (χ0v) is 18.9. The number of benzene rings is 1. The second kappa shape index (κ2) is 10.8. The molecule has 3 rings (SSSR count). The zero-order valence-electron chi connectivity index (χ0n) is 16.5. The van der Waals surface area contributed by atoms with Gasteiger partial charge < -0.3 is 15.1 Å². The monoisotopic (exact) mass is 466 g/mol. The third-order valence-corrected chi connectivity index (χ3v) is 6.65. The summed E-state index contributed by atoms with van der Waals surface area (Å²) in [4.78, 5) is 45.8. The number of nitrogens with one attached hydrogen (secondary N) is 1. The molecule has 1 aliphatic heterocycles. The number of rotatable bonds is 7. The maximum atomic E-state index is 13.1. The smallest absolute Gasteiger partial charge is 0.245 e. The lowest BCUT2D eigenvalue weighted by molar-refractivity contribution is -0.140. The molecule has 1 N–H and O–H groups in total. The number of amides is 3. The van der Waals surface area contributed by atoms with Gasteiger partial charge in [0.15, 0.2) is 0 Å². The third kappa shape index (κ3) is 6.45. The van der Waals surface area contributed by atoms with Crippen molar-refractivity contribution < 1.29 is 14.4 Å². The Morgan fingerprint density at radius 2 is 1.83 bits per heavy atom. The van der Waals surface area contributed by atoms with Crippen LogP contribution in [0, 0.1) is 0 Å². The Kier molecular flexibility index (Phi) is 8.12. The van der Waals surface area contributed by atoms with Crippen LogP contribution in [0.3, 0.4) is 0 Å². The Morgan fingerprint density at radius 3 is 2.43 bits per heavy atom. The van der Waals surface area contributed by atoms with E-state index in [2.05, 4.69) is 10.3 Å². The van der Waals surface area contributed by atoms with Crippen LogP contribution >= 0.6 is 34.7 Å². The molecule has 1 aromatic heterocycles. The normalized spacial score (nSPS) is 15.0. The van der Waals surface area contributed by atoms with Gasteiger partial charge in [0.2, 0.25) is 17.7 Å². The number of thioether (sulfide) groups is 1. The highest BCUT2D eigenvalue weighted by Crippen LogP contribution is 2.20. The summed E-state index contributed by atoms with van der Waals surface area (Å²) in [6.07, 6.45) is 0.340. The number of carbonyl (C=O) groups is 3. The van der Waals surface area contributed by atoms with Crippen molar-refractivity contribution in [1.82, 2.24) is 20.1 Å². The summed E-state index contributed by atoms with van der Waals surface area (Å²) in [6.45, 7) is 3.46. The first-order valence-electron chi connectivity index (χ1n) is 9.51. The van der Waals surface area contributed by atoms with E-state index in [1.807, 2.05) is 17.5 Å². The van der Waals surface area contributed by atoms with Gasteiger partial charge in [-0.3, -0.25) is 14.4 Å². The van der Waals surface area contributed by atoms with Crippen molar-refractivity contribution in [2.75, 3.05) is 31.9 Å². The van der Waals surface area contributed by atoms with E-state index in [4.69, 9.17) is 11.6 Å². The SMILES string of the molecule is CC(=O)N1CCN(C(=O)C(Cc2cscn2)NC(=O)CSc2ccc(Cl)cc2)CC1. The van der Waals surface area contributed by atoms with Crippen LogP contribution in [0.1, 0.15) is 12.6 Å². The average molecular weight is 467 g/mol. The molecule has 1 unspecified atom stereocenters. The maximum absolute atomic E-state index is 13.1. The van der Waals surface area contributed by atoms with Crippen molar-refractivity contribution in [3.8, 4) is 0 Å². The van der Waals surface area contributed by atoms with E-state index < -0.39 is 6.04 Å². The summed E-state index contributed by atoms with van der Waals surface area (Å²) >= 11 is 8.73. The second-order valence-corrected chi connectivity index (χ2v) is 9.08. The highest BCUT2D eigenvalue weighted by molar-refractivity contribution is 8.00. The van der Waals surface area contributed by atoms with Gasteiger partial charge in [0.05, 0.1) is 17.0 Å². The molecule has 30 heavy (non-hydrogen) atoms. The summed E-state index contributed by atoms with van der Waals surface area (Å²) < 4.78 is 0. The van der Waals surface area contributed by atoms with Crippen LogP contribution in [0.15, 0.2) is 40.1 Å². The molecule has 0 spiro atoms. The number of thiazole rings is 1. The Labute approximate surface area is 188 Å². The molecule has 1 aromatic carbocycles. The summed E-state index contributed by atoms with van der Waals surface area (Å²) in [5.41, 5.74) is 2.48. The zero-order chi connectivity index (χ0) is 21.5. The average Bonchev–Trinajstić information content (AvgIpc) is 3.25. The van der Waals surface area contributed by atoms with Crippen LogP contribution in [0.5, 0.6) is 0 Å². The molecular formula is C20H23ClN4O3S2. The lowest BCUT2D eigenvalue weighted by atomic mass is 10.1. The van der Waals surface area contributed by atoms with Gasteiger partial charge in [-0.15, -0.1) is 23.1 Å². The highest BCUT2D eigenvalue weighted by Gasteiger charge is 2.29. The van der Waals surface area contributed by atoms with Crippen molar-refractivity contribution in [1.29, 1.82) is 0 Å². The van der Waals surface area contributed by atoms with Crippen molar-refractivity contribution in [3.63, 3.8) is 0 Å². The first kappa shape index (κ1) is 22.6. The minimum absolute atomic E-state index is 0.00801. The molecule has 7 nitrogen and oxygen atoms in total. The highest BCUT2D eigenvalue weighted by atomic mass is 35.5. The molecule has 3 amide bonds. The van der Waals surface area contributed by atoms with Crippen LogP contribution in [0.2, 0.25) is 5.02 Å². The van der Waals surface area contributed by atoms with E-state index in [9.17, 15) is 14.4 Å². The van der Waals surface area contributed by atoms with Crippen molar-refractivity contribution in [2.24, 2.45) is 0 Å². The van der Waals surface area contributed by atoms with Crippen molar-refractivity contribution in [3.05, 3.63) is 45.9 Å². The van der Waals surface area contributed by atoms with Gasteiger partial charge in [0.25, 0.3) is 0 Å². The molecular weight excluding hydrogens is 444 g/mol. The Hall–Kier alpha value is -2.10. The number of nitrogens with zero attached hydrogens (tertiary/aromatic N) is 3. The molecule has 0 bridgehead atoms. The van der Waals surface area contributed by atoms with Crippen LogP contribution in [-0.4, -0.2) is 70.5 Å². The maximum Gasteiger partial charge on any atom is 0.245 e. The fourth-order valence-electron chi connectivity index (χ4n) is 3.13. The van der Waals surface area contributed by atoms with E-state index >= 15 is 0 Å². The molecule has 2 aromatic rings. The molecule has 160 valence electrons. The molecule has 1 fully saturated rings. The molecule has 0 saturated carbocycles. The predicted molar refractivity (Wildman–Crippen MR) is 119 cm³/mol. The van der Waals surface area contributed by atoms with E-state index in [-0.39, 0.29) is 23.5 Å². The van der Waals surface area contributed by atoms with Crippen molar-refractivity contribution in [2.45, 2.75) is 24.3 Å². The Morgan fingerprint density at radius 1 is 1.17 bits per heavy atom. The Bertz CT molecular complexity index is 869. The number of carbonyl (C=O) groups excluding carboxylic acids is 3. The van der Waals surface area contributed by atoms with Crippen LogP contribution in [-0.2, 0) is 20.8 Å². The fraction of sp³-hybridized carbons (Fsp3) is 0.400. The molecule has 0 aliphatic carbocycles. The molecule has 2 heterocycles. The first-order valence-corrected chi connectivity index (χ1v) is 11.8. The predicted octanol–water partition coefficient (Wildman–Crippen LogP) is 2.31. The lowest BCUT2D eigenvalue weighted by Crippen LogP contribution is -2.56. The number of aromatic nitrogens is 1. The number of halogens is 1. The number of hydrogen-bond acceptors (Lipinski definition) is 6. The first-order chi connectivity index (χ1) is 14.4. The van der Waals surface area contributed by atoms with Gasteiger partial charge in [-0.2, -0.15) is 0 Å². The largest absolute Gasteiger partial charge is 0.343 e. The summed E-state index contributed by atoms with van der Waals surface area (Å²) in [5.74, 6) is -0.156. The third-order valence-electron chi connectivity index (χ3n) is 4.75. The minimum atomic E-state index is -0.686. The quantitative estimate of drug-likeness (QED) is 0.633. The van der Waals surface area contributed by atoms with E-state index in [0.29, 0.717) is 37.6 Å². The summed E-state index contributed by atoms with van der Waals surface area (Å²) in [6, 6.07) is 6.57. The van der Waals surface area contributed by atoms with Gasteiger partial charge in [-0.25, -0.2) is 4.98 Å². The molecule has 0 radical (unpaired) electrons. The van der Waals surface area contributed by atoms with Gasteiger partial charge >= 0.3 is 0 Å². The number of hydrogen-bond donors (Lipinski definition) is 1. The topological polar surface area (TPSA) is 82.6 Å². The molecule has 1 saturated heterocycles. The van der Waals surface area contributed by atoms with E-state index in [1.54, 1.807) is 27.4 Å². The fourth-order valence-corrected chi connectivity index (χ4v) is 4.53. The van der Waals surface area contributed by atoms with Crippen LogP contribution in [0.25, 0.3) is 0 Å². The van der Waals surface area contributed by atoms with E-state index in [0.717, 1.165) is 10.6 Å². The molecule has 1 aliphatic rings. The van der Waals surface area contributed by atoms with Gasteiger partial charge in [-0.05, 0) is 24.3 Å². The van der Waals surface area contributed by atoms with Crippen LogP contribution in [0.4, 0.5) is 0 Å². The summed E-state index contributed by atoms with van der Waals surface area (Å²) in [7, 11) is 0. The number of piperazine rings is 1. The standard InChI is InChI=1S/C20H23ClN4O3S2/c1-14(26)24-6-8-25(9-7-24)20(28)18(10-16-11-29-13-22-16)23-19(27)12-30-17-4-2-15(21)3-5-17/h2-5,11,13,18H,6-10,12H2,1H3,(H,23,27). The van der Waals surface area contributed by atoms with Crippen LogP contribution < -0.4 is 5.32 Å². The molecule has 10 heteroatoms. The minimum Gasteiger partial charge on any atom is -0.343 e. The summed E-state index contributed by atoms with van der Waals surface area (Å²) in [5, 5.41) is 5.39. The lowest BCUT2D eigenvalue weighted by Gasteiger charge is -2.36. The second-order valence-electron chi connectivity index (χ2n) is 6.88. The van der Waals surface area contributed by atoms with Crippen molar-refractivity contribution >= 4 is 52.4 Å². The van der Waals surface area contributed by atoms with Gasteiger partial charge in [0, 0.05) is 54.8 Å². The Balaban J connectivity index is 1.60. The van der Waals surface area contributed by atoms with Gasteiger partial charge in [0.1, 0.15) is 6.04 Å². The van der Waals surface area contributed by atoms with E-state index in [1.165, 1.54) is 30.0 Å². The van der Waals surface area contributed by atoms with Gasteiger partial charge in [-0.1, -0.05) is 11.6 Å². The molecule has 1 atom stereocenters.